The number of nitrogens with zero attached hydrogens (tertiary/aromatic N) is 3. The first kappa shape index (κ1) is 15.5. The van der Waals surface area contributed by atoms with Crippen LogP contribution in [0.3, 0.4) is 0 Å². The first-order valence-corrected chi connectivity index (χ1v) is 5.89. The molecule has 3 amide bonds. The van der Waals surface area contributed by atoms with Crippen LogP contribution in [0.2, 0.25) is 0 Å². The van der Waals surface area contributed by atoms with Crippen LogP contribution in [0.25, 0.3) is 0 Å². The van der Waals surface area contributed by atoms with Crippen molar-refractivity contribution in [2.75, 3.05) is 19.6 Å². The lowest BCUT2D eigenvalue weighted by molar-refractivity contribution is -0.137. The van der Waals surface area contributed by atoms with Crippen molar-refractivity contribution >= 4 is 17.9 Å². The van der Waals surface area contributed by atoms with Crippen LogP contribution in [-0.2, 0) is 23.1 Å². The van der Waals surface area contributed by atoms with E-state index in [2.05, 4.69) is 10.3 Å². The molecule has 110 valence electrons. The highest BCUT2D eigenvalue weighted by molar-refractivity contribution is 5.85. The minimum absolute atomic E-state index is 0.276. The maximum Gasteiger partial charge on any atom is 0.323 e. The number of nitrogens with two attached hydrogens (primary N) is 1. The van der Waals surface area contributed by atoms with E-state index in [1.54, 1.807) is 12.4 Å². The third-order valence-corrected chi connectivity index (χ3v) is 2.51. The first-order chi connectivity index (χ1) is 9.40. The Morgan fingerprint density at radius 3 is 2.65 bits per heavy atom. The molecule has 0 aromatic carbocycles. The number of amides is 3. The van der Waals surface area contributed by atoms with E-state index < -0.39 is 31.0 Å². The van der Waals surface area contributed by atoms with Crippen LogP contribution in [0.4, 0.5) is 4.79 Å². The van der Waals surface area contributed by atoms with Gasteiger partial charge in [-0.15, -0.1) is 0 Å². The van der Waals surface area contributed by atoms with E-state index in [1.165, 1.54) is 0 Å². The second-order valence-corrected chi connectivity index (χ2v) is 4.15. The molecule has 9 heteroatoms. The van der Waals surface area contributed by atoms with Gasteiger partial charge in [0.2, 0.25) is 5.91 Å². The summed E-state index contributed by atoms with van der Waals surface area (Å²) in [6, 6.07) is -0.652. The number of carbonyl (C=O) groups is 3. The molecule has 1 heterocycles. The third kappa shape index (κ3) is 4.96. The minimum Gasteiger partial charge on any atom is -0.480 e. The standard InChI is InChI=1S/C11H17N5O4/c1-15-5-4-13-9(15)2-3-14-11(20)16(6-8(12)17)7-10(18)19/h4-5H,2-3,6-7H2,1H3,(H2,12,17)(H,14,20)(H,18,19). The molecule has 0 saturated carbocycles. The zero-order valence-corrected chi connectivity index (χ0v) is 11.1. The Bertz CT molecular complexity index is 483. The van der Waals surface area contributed by atoms with Gasteiger partial charge >= 0.3 is 12.0 Å². The van der Waals surface area contributed by atoms with Crippen LogP contribution in [0, 0.1) is 0 Å². The minimum atomic E-state index is -1.22. The summed E-state index contributed by atoms with van der Waals surface area (Å²) in [6.07, 6.45) is 3.91. The number of primary amides is 1. The summed E-state index contributed by atoms with van der Waals surface area (Å²) < 4.78 is 1.81. The molecule has 0 radical (unpaired) electrons. The first-order valence-electron chi connectivity index (χ1n) is 5.89. The van der Waals surface area contributed by atoms with E-state index in [-0.39, 0.29) is 6.54 Å². The fraction of sp³-hybridized carbons (Fsp3) is 0.455. The molecule has 0 fully saturated rings. The molecule has 9 nitrogen and oxygen atoms in total. The van der Waals surface area contributed by atoms with E-state index in [0.29, 0.717) is 6.42 Å². The Kier molecular flexibility index (Phi) is 5.51. The monoisotopic (exact) mass is 283 g/mol. The van der Waals surface area contributed by atoms with Crippen molar-refractivity contribution in [2.24, 2.45) is 12.8 Å². The topological polar surface area (TPSA) is 131 Å². The van der Waals surface area contributed by atoms with Gasteiger partial charge in [0, 0.05) is 32.4 Å². The van der Waals surface area contributed by atoms with Gasteiger partial charge in [-0.3, -0.25) is 9.59 Å². The molecule has 0 aliphatic heterocycles. The second kappa shape index (κ2) is 7.12. The number of carboxylic acid groups (broad SMARTS) is 1. The number of carboxylic acids is 1. The molecule has 20 heavy (non-hydrogen) atoms. The van der Waals surface area contributed by atoms with Crippen molar-refractivity contribution in [1.82, 2.24) is 19.8 Å². The van der Waals surface area contributed by atoms with Crippen molar-refractivity contribution in [3.05, 3.63) is 18.2 Å². The number of carbonyl (C=O) groups excluding carboxylic acids is 2. The molecular weight excluding hydrogens is 266 g/mol. The number of imidazole rings is 1. The Morgan fingerprint density at radius 2 is 2.15 bits per heavy atom. The maximum atomic E-state index is 11.7. The average molecular weight is 283 g/mol. The average Bonchev–Trinajstić information content (AvgIpc) is 2.73. The number of aliphatic carboxylic acids is 1. The summed E-state index contributed by atoms with van der Waals surface area (Å²) in [5.41, 5.74) is 4.97. The summed E-state index contributed by atoms with van der Waals surface area (Å²) in [7, 11) is 1.83. The normalized spacial score (nSPS) is 10.1. The molecule has 0 aliphatic carbocycles. The number of aromatic nitrogens is 2. The van der Waals surface area contributed by atoms with Crippen molar-refractivity contribution in [2.45, 2.75) is 6.42 Å². The lowest BCUT2D eigenvalue weighted by Gasteiger charge is -2.19. The molecule has 0 spiro atoms. The van der Waals surface area contributed by atoms with Gasteiger partial charge in [-0.1, -0.05) is 0 Å². The lowest BCUT2D eigenvalue weighted by atomic mass is 10.4. The molecule has 1 aromatic rings. The Labute approximate surface area is 115 Å². The van der Waals surface area contributed by atoms with Gasteiger partial charge in [0.25, 0.3) is 0 Å². The number of aryl methyl sites for hydroxylation is 1. The van der Waals surface area contributed by atoms with Crippen LogP contribution >= 0.6 is 0 Å². The van der Waals surface area contributed by atoms with Crippen molar-refractivity contribution < 1.29 is 19.5 Å². The molecular formula is C11H17N5O4. The Hall–Kier alpha value is -2.58. The van der Waals surface area contributed by atoms with Crippen LogP contribution in [0.1, 0.15) is 5.82 Å². The molecule has 0 atom stereocenters. The number of urea groups is 1. The van der Waals surface area contributed by atoms with Crippen molar-refractivity contribution in [3.8, 4) is 0 Å². The highest BCUT2D eigenvalue weighted by Crippen LogP contribution is 1.95. The smallest absolute Gasteiger partial charge is 0.323 e. The highest BCUT2D eigenvalue weighted by atomic mass is 16.4. The molecule has 0 saturated heterocycles. The zero-order chi connectivity index (χ0) is 15.1. The van der Waals surface area contributed by atoms with Crippen LogP contribution in [0.5, 0.6) is 0 Å². The number of hydrogen-bond acceptors (Lipinski definition) is 4. The third-order valence-electron chi connectivity index (χ3n) is 2.51. The van der Waals surface area contributed by atoms with Crippen LogP contribution in [-0.4, -0.2) is 57.1 Å². The van der Waals surface area contributed by atoms with E-state index in [0.717, 1.165) is 10.7 Å². The molecule has 1 rings (SSSR count). The van der Waals surface area contributed by atoms with Crippen molar-refractivity contribution in [3.63, 3.8) is 0 Å². The predicted octanol–water partition coefficient (Wildman–Crippen LogP) is -1.46. The fourth-order valence-electron chi connectivity index (χ4n) is 1.58. The number of nitrogens with one attached hydrogen (secondary N) is 1. The predicted molar refractivity (Wildman–Crippen MR) is 68.7 cm³/mol. The number of rotatable bonds is 7. The van der Waals surface area contributed by atoms with E-state index >= 15 is 0 Å². The van der Waals surface area contributed by atoms with Gasteiger partial charge in [0.1, 0.15) is 18.9 Å². The zero-order valence-electron chi connectivity index (χ0n) is 11.1. The van der Waals surface area contributed by atoms with Gasteiger partial charge in [0.05, 0.1) is 0 Å². The summed E-state index contributed by atoms with van der Waals surface area (Å²) in [5.74, 6) is -1.21. The highest BCUT2D eigenvalue weighted by Gasteiger charge is 2.18. The van der Waals surface area contributed by atoms with E-state index in [9.17, 15) is 14.4 Å². The fourth-order valence-corrected chi connectivity index (χ4v) is 1.58. The maximum absolute atomic E-state index is 11.7. The van der Waals surface area contributed by atoms with E-state index in [1.807, 2.05) is 11.6 Å². The van der Waals surface area contributed by atoms with E-state index in [4.69, 9.17) is 10.8 Å². The van der Waals surface area contributed by atoms with Crippen molar-refractivity contribution in [1.29, 1.82) is 0 Å². The number of hydrogen-bond donors (Lipinski definition) is 3. The van der Waals surface area contributed by atoms with Crippen LogP contribution < -0.4 is 11.1 Å². The Balaban J connectivity index is 2.47. The quantitative estimate of drug-likeness (QED) is 0.563. The van der Waals surface area contributed by atoms with Gasteiger partial charge in [-0.25, -0.2) is 9.78 Å². The summed E-state index contributed by atoms with van der Waals surface area (Å²) in [6.45, 7) is -0.754. The molecule has 0 bridgehead atoms. The Morgan fingerprint density at radius 1 is 1.45 bits per heavy atom. The summed E-state index contributed by atoms with van der Waals surface area (Å²) >= 11 is 0. The lowest BCUT2D eigenvalue weighted by Crippen LogP contribution is -2.47. The van der Waals surface area contributed by atoms with Gasteiger partial charge < -0.3 is 25.6 Å². The van der Waals surface area contributed by atoms with Gasteiger partial charge in [-0.2, -0.15) is 0 Å². The van der Waals surface area contributed by atoms with Gasteiger partial charge in [-0.05, 0) is 0 Å². The SMILES string of the molecule is Cn1ccnc1CCNC(=O)N(CC(N)=O)CC(=O)O. The van der Waals surface area contributed by atoms with Crippen LogP contribution in [0.15, 0.2) is 12.4 Å². The molecule has 1 aromatic heterocycles. The largest absolute Gasteiger partial charge is 0.480 e. The van der Waals surface area contributed by atoms with Gasteiger partial charge in [0.15, 0.2) is 0 Å². The molecule has 0 aliphatic rings. The second-order valence-electron chi connectivity index (χ2n) is 4.15. The summed E-state index contributed by atoms with van der Waals surface area (Å²) in [5, 5.41) is 11.2. The molecule has 0 unspecified atom stereocenters. The molecule has 4 N–H and O–H groups in total. The summed E-state index contributed by atoms with van der Waals surface area (Å²) in [4.78, 5) is 38.1.